The summed E-state index contributed by atoms with van der Waals surface area (Å²) in [4.78, 5) is 0. The summed E-state index contributed by atoms with van der Waals surface area (Å²) < 4.78 is 0. The van der Waals surface area contributed by atoms with Crippen LogP contribution in [0.1, 0.15) is 22.3 Å². The van der Waals surface area contributed by atoms with E-state index in [1.165, 1.54) is 0 Å². The minimum atomic E-state index is -0.256. The topological polar surface area (TPSA) is 71.4 Å². The average molecular weight is 271 g/mol. The number of benzene rings is 2. The number of nitrogens with zero attached hydrogens (tertiary/aromatic N) is 3. The largest absolute Gasteiger partial charge is 0.198 e. The van der Waals surface area contributed by atoms with Crippen LogP contribution in [0.5, 0.6) is 0 Å². The monoisotopic (exact) mass is 271 g/mol. The highest BCUT2D eigenvalue weighted by molar-refractivity contribution is 5.40. The minimum Gasteiger partial charge on any atom is -0.198 e. The molecule has 0 amide bonds. The molecule has 0 saturated heterocycles. The molecule has 21 heavy (non-hydrogen) atoms. The first kappa shape index (κ1) is 14.3. The van der Waals surface area contributed by atoms with Crippen molar-refractivity contribution >= 4 is 0 Å². The van der Waals surface area contributed by atoms with Crippen LogP contribution >= 0.6 is 0 Å². The first-order chi connectivity index (χ1) is 10.3. The molecule has 3 nitrogen and oxygen atoms in total. The van der Waals surface area contributed by atoms with Crippen molar-refractivity contribution in [3.8, 4) is 18.2 Å². The third-order valence-electron chi connectivity index (χ3n) is 3.39. The average Bonchev–Trinajstić information content (AvgIpc) is 2.55. The van der Waals surface area contributed by atoms with E-state index < -0.39 is 0 Å². The molecule has 2 aromatic rings. The normalized spacial score (nSPS) is 9.62. The molecule has 0 aliphatic heterocycles. The van der Waals surface area contributed by atoms with E-state index in [1.807, 2.05) is 36.4 Å². The molecule has 0 heterocycles. The molecule has 0 fully saturated rings. The maximum atomic E-state index is 9.36. The second kappa shape index (κ2) is 6.90. The Kier molecular flexibility index (Phi) is 4.70. The molecular formula is C18H13N3. The summed E-state index contributed by atoms with van der Waals surface area (Å²) in [5.74, 6) is -0.256. The van der Waals surface area contributed by atoms with Crippen molar-refractivity contribution in [2.24, 2.45) is 5.92 Å². The number of hydrogen-bond donors (Lipinski definition) is 0. The summed E-state index contributed by atoms with van der Waals surface area (Å²) in [6.45, 7) is 0. The Morgan fingerprint density at radius 2 is 1.14 bits per heavy atom. The Bertz CT molecular complexity index is 698. The van der Waals surface area contributed by atoms with E-state index in [9.17, 15) is 5.26 Å². The predicted molar refractivity (Wildman–Crippen MR) is 78.8 cm³/mol. The summed E-state index contributed by atoms with van der Waals surface area (Å²) in [6, 6.07) is 21.2. The summed E-state index contributed by atoms with van der Waals surface area (Å²) in [5, 5.41) is 27.6. The van der Waals surface area contributed by atoms with E-state index in [1.54, 1.807) is 12.1 Å². The zero-order valence-electron chi connectivity index (χ0n) is 11.5. The molecule has 0 saturated carbocycles. The number of hydrogen-bond acceptors (Lipinski definition) is 3. The predicted octanol–water partition coefficient (Wildman–Crippen LogP) is 3.35. The third-order valence-corrected chi connectivity index (χ3v) is 3.39. The summed E-state index contributed by atoms with van der Waals surface area (Å²) in [5.41, 5.74) is 2.96. The second-order valence-electron chi connectivity index (χ2n) is 4.77. The molecule has 0 radical (unpaired) electrons. The van der Waals surface area contributed by atoms with Crippen LogP contribution in [0.3, 0.4) is 0 Å². The third kappa shape index (κ3) is 3.47. The molecule has 0 atom stereocenters. The first-order valence-corrected chi connectivity index (χ1v) is 6.64. The molecule has 2 rings (SSSR count). The van der Waals surface area contributed by atoms with Gasteiger partial charge in [-0.05, 0) is 36.1 Å². The van der Waals surface area contributed by atoms with Crippen LogP contribution in [-0.2, 0) is 12.8 Å². The van der Waals surface area contributed by atoms with Gasteiger partial charge in [0, 0.05) is 0 Å². The standard InChI is InChI=1S/C18H13N3/c19-11-14(9-15-5-1-3-7-17(15)12-20)10-16-6-2-4-8-18(16)13-21/h1-8,14H,9-10H2. The van der Waals surface area contributed by atoms with Gasteiger partial charge in [0.15, 0.2) is 0 Å². The van der Waals surface area contributed by atoms with Gasteiger partial charge in [0.2, 0.25) is 0 Å². The number of nitriles is 3. The van der Waals surface area contributed by atoms with Gasteiger partial charge in [-0.2, -0.15) is 15.8 Å². The summed E-state index contributed by atoms with van der Waals surface area (Å²) in [6.07, 6.45) is 1.03. The Morgan fingerprint density at radius 3 is 1.52 bits per heavy atom. The van der Waals surface area contributed by atoms with Crippen molar-refractivity contribution in [2.75, 3.05) is 0 Å². The van der Waals surface area contributed by atoms with E-state index in [4.69, 9.17) is 10.5 Å². The van der Waals surface area contributed by atoms with E-state index in [0.29, 0.717) is 24.0 Å². The fourth-order valence-corrected chi connectivity index (χ4v) is 2.31. The van der Waals surface area contributed by atoms with Crippen LogP contribution in [0.15, 0.2) is 48.5 Å². The van der Waals surface area contributed by atoms with Crippen molar-refractivity contribution in [3.63, 3.8) is 0 Å². The summed E-state index contributed by atoms with van der Waals surface area (Å²) in [7, 11) is 0. The quantitative estimate of drug-likeness (QED) is 0.856. The first-order valence-electron chi connectivity index (χ1n) is 6.64. The summed E-state index contributed by atoms with van der Waals surface area (Å²) >= 11 is 0. The highest BCUT2D eigenvalue weighted by atomic mass is 14.3. The van der Waals surface area contributed by atoms with Gasteiger partial charge < -0.3 is 0 Å². The van der Waals surface area contributed by atoms with Crippen molar-refractivity contribution in [2.45, 2.75) is 12.8 Å². The lowest BCUT2D eigenvalue weighted by Crippen LogP contribution is -2.08. The Labute approximate surface area is 124 Å². The van der Waals surface area contributed by atoms with Crippen molar-refractivity contribution in [3.05, 3.63) is 70.8 Å². The van der Waals surface area contributed by atoms with Gasteiger partial charge in [-0.1, -0.05) is 36.4 Å². The van der Waals surface area contributed by atoms with Gasteiger partial charge >= 0.3 is 0 Å². The van der Waals surface area contributed by atoms with Gasteiger partial charge in [0.25, 0.3) is 0 Å². The lowest BCUT2D eigenvalue weighted by atomic mass is 9.90. The molecule has 100 valence electrons. The second-order valence-corrected chi connectivity index (χ2v) is 4.77. The van der Waals surface area contributed by atoms with Gasteiger partial charge in [0.05, 0.1) is 35.3 Å². The van der Waals surface area contributed by atoms with Crippen LogP contribution in [0.4, 0.5) is 0 Å². The lowest BCUT2D eigenvalue weighted by Gasteiger charge is -2.11. The highest BCUT2D eigenvalue weighted by Gasteiger charge is 2.14. The van der Waals surface area contributed by atoms with Crippen molar-refractivity contribution in [1.29, 1.82) is 15.8 Å². The van der Waals surface area contributed by atoms with Gasteiger partial charge in [-0.25, -0.2) is 0 Å². The smallest absolute Gasteiger partial charge is 0.0994 e. The SMILES string of the molecule is N#Cc1ccccc1CC(C#N)Cc1ccccc1C#N. The molecule has 0 spiro atoms. The van der Waals surface area contributed by atoms with Crippen molar-refractivity contribution in [1.82, 2.24) is 0 Å². The van der Waals surface area contributed by atoms with Crippen molar-refractivity contribution < 1.29 is 0 Å². The van der Waals surface area contributed by atoms with Gasteiger partial charge in [-0.3, -0.25) is 0 Å². The van der Waals surface area contributed by atoms with Crippen LogP contribution in [0, 0.1) is 39.9 Å². The fourth-order valence-electron chi connectivity index (χ4n) is 2.31. The zero-order valence-corrected chi connectivity index (χ0v) is 11.5. The fraction of sp³-hybridized carbons (Fsp3) is 0.167. The van der Waals surface area contributed by atoms with Crippen LogP contribution in [0.2, 0.25) is 0 Å². The highest BCUT2D eigenvalue weighted by Crippen LogP contribution is 2.19. The molecule has 0 bridgehead atoms. The molecule has 0 aliphatic rings. The molecule has 3 heteroatoms. The van der Waals surface area contributed by atoms with Crippen LogP contribution < -0.4 is 0 Å². The Balaban J connectivity index is 2.21. The Hall–Kier alpha value is -3.09. The van der Waals surface area contributed by atoms with Crippen LogP contribution in [-0.4, -0.2) is 0 Å². The minimum absolute atomic E-state index is 0.256. The zero-order chi connectivity index (χ0) is 15.1. The van der Waals surface area contributed by atoms with E-state index in [0.717, 1.165) is 11.1 Å². The van der Waals surface area contributed by atoms with E-state index in [-0.39, 0.29) is 5.92 Å². The maximum absolute atomic E-state index is 9.36. The van der Waals surface area contributed by atoms with E-state index >= 15 is 0 Å². The van der Waals surface area contributed by atoms with Gasteiger partial charge in [-0.15, -0.1) is 0 Å². The Morgan fingerprint density at radius 1 is 0.714 bits per heavy atom. The molecule has 0 N–H and O–H groups in total. The number of rotatable bonds is 4. The lowest BCUT2D eigenvalue weighted by molar-refractivity contribution is 0.656. The van der Waals surface area contributed by atoms with Crippen LogP contribution in [0.25, 0.3) is 0 Å². The van der Waals surface area contributed by atoms with Gasteiger partial charge in [0.1, 0.15) is 0 Å². The molecule has 0 aliphatic carbocycles. The molecule has 0 aromatic heterocycles. The molecule has 0 unspecified atom stereocenters. The maximum Gasteiger partial charge on any atom is 0.0994 e. The van der Waals surface area contributed by atoms with E-state index in [2.05, 4.69) is 18.2 Å². The molecular weight excluding hydrogens is 258 g/mol. The molecule has 2 aromatic carbocycles.